The normalized spacial score (nSPS) is 17.5. The number of carboxylic acids is 1. The molecule has 0 bridgehead atoms. The lowest BCUT2D eigenvalue weighted by molar-refractivity contribution is 0.0508. The first kappa shape index (κ1) is 19.2. The van der Waals surface area contributed by atoms with Crippen LogP contribution in [0.5, 0.6) is 0 Å². The van der Waals surface area contributed by atoms with Crippen molar-refractivity contribution >= 4 is 29.4 Å². The van der Waals surface area contributed by atoms with Gasteiger partial charge in [-0.3, -0.25) is 0 Å². The zero-order valence-electron chi connectivity index (χ0n) is 14.0. The predicted octanol–water partition coefficient (Wildman–Crippen LogP) is 3.42. The highest BCUT2D eigenvalue weighted by molar-refractivity contribution is 6.33. The Morgan fingerprint density at radius 2 is 2.00 bits per heavy atom. The van der Waals surface area contributed by atoms with Crippen LogP contribution in [-0.4, -0.2) is 41.9 Å². The number of amides is 1. The first-order valence-corrected chi connectivity index (χ1v) is 8.02. The summed E-state index contributed by atoms with van der Waals surface area (Å²) in [6.07, 6.45) is -0.115. The third-order valence-electron chi connectivity index (χ3n) is 3.59. The van der Waals surface area contributed by atoms with Crippen LogP contribution in [0.25, 0.3) is 0 Å². The van der Waals surface area contributed by atoms with Crippen LogP contribution in [0.4, 0.5) is 19.3 Å². The molecule has 1 fully saturated rings. The fourth-order valence-corrected chi connectivity index (χ4v) is 2.90. The molecule has 1 saturated heterocycles. The van der Waals surface area contributed by atoms with E-state index in [-0.39, 0.29) is 23.3 Å². The van der Waals surface area contributed by atoms with Crippen LogP contribution in [0, 0.1) is 11.6 Å². The zero-order chi connectivity index (χ0) is 18.9. The SMILES string of the molecule is CC(C)(C)OC(=O)NC1CCN(c2c(Cl)cc(C(=O)O)c(F)c2F)C1. The van der Waals surface area contributed by atoms with Gasteiger partial charge in [0, 0.05) is 13.1 Å². The average molecular weight is 377 g/mol. The molecule has 2 N–H and O–H groups in total. The maximum atomic E-state index is 14.3. The summed E-state index contributed by atoms with van der Waals surface area (Å²) >= 11 is 5.95. The van der Waals surface area contributed by atoms with Crippen LogP contribution < -0.4 is 10.2 Å². The number of carboxylic acid groups (broad SMARTS) is 1. The molecule has 0 saturated carbocycles. The molecule has 0 spiro atoms. The number of carbonyl (C=O) groups is 2. The maximum absolute atomic E-state index is 14.3. The summed E-state index contributed by atoms with van der Waals surface area (Å²) < 4.78 is 33.3. The molecule has 2 rings (SSSR count). The number of halogens is 3. The Labute approximate surface area is 148 Å². The van der Waals surface area contributed by atoms with E-state index in [9.17, 15) is 18.4 Å². The molecule has 0 radical (unpaired) electrons. The fourth-order valence-electron chi connectivity index (χ4n) is 2.59. The van der Waals surface area contributed by atoms with E-state index in [0.717, 1.165) is 6.07 Å². The molecule has 6 nitrogen and oxygen atoms in total. The molecular weight excluding hydrogens is 358 g/mol. The molecule has 1 unspecified atom stereocenters. The van der Waals surface area contributed by atoms with Gasteiger partial charge in [0.2, 0.25) is 0 Å². The number of rotatable bonds is 3. The molecule has 1 aliphatic heterocycles. The lowest BCUT2D eigenvalue weighted by Gasteiger charge is -2.23. The average Bonchev–Trinajstić information content (AvgIpc) is 2.88. The summed E-state index contributed by atoms with van der Waals surface area (Å²) in [6, 6.07) is 0.555. The molecular formula is C16H19ClF2N2O4. The number of nitrogens with zero attached hydrogens (tertiary/aromatic N) is 1. The Kier molecular flexibility index (Phi) is 5.41. The van der Waals surface area contributed by atoms with Crippen molar-refractivity contribution in [1.29, 1.82) is 0 Å². The van der Waals surface area contributed by atoms with E-state index in [2.05, 4.69) is 5.32 Å². The summed E-state index contributed by atoms with van der Waals surface area (Å²) in [4.78, 5) is 24.2. The summed E-state index contributed by atoms with van der Waals surface area (Å²) in [7, 11) is 0. The van der Waals surface area contributed by atoms with Gasteiger partial charge in [-0.2, -0.15) is 0 Å². The van der Waals surface area contributed by atoms with Crippen molar-refractivity contribution in [2.24, 2.45) is 0 Å². The van der Waals surface area contributed by atoms with Gasteiger partial charge < -0.3 is 20.1 Å². The molecule has 1 aliphatic rings. The highest BCUT2D eigenvalue weighted by Crippen LogP contribution is 2.34. The second-order valence-electron chi connectivity index (χ2n) is 6.77. The summed E-state index contributed by atoms with van der Waals surface area (Å²) in [5.41, 5.74) is -1.68. The third-order valence-corrected chi connectivity index (χ3v) is 3.88. The number of ether oxygens (including phenoxy) is 1. The monoisotopic (exact) mass is 376 g/mol. The molecule has 9 heteroatoms. The lowest BCUT2D eigenvalue weighted by Crippen LogP contribution is -2.40. The first-order chi connectivity index (χ1) is 11.5. The minimum Gasteiger partial charge on any atom is -0.478 e. The molecule has 0 aliphatic carbocycles. The number of anilines is 1. The van der Waals surface area contributed by atoms with Crippen LogP contribution in [-0.2, 0) is 4.74 Å². The Bertz CT molecular complexity index is 706. The second kappa shape index (κ2) is 7.03. The van der Waals surface area contributed by atoms with Gasteiger partial charge in [-0.05, 0) is 33.3 Å². The summed E-state index contributed by atoms with van der Waals surface area (Å²) in [5.74, 6) is -4.38. The van der Waals surface area contributed by atoms with Crippen LogP contribution in [0.2, 0.25) is 5.02 Å². The highest BCUT2D eigenvalue weighted by atomic mass is 35.5. The molecule has 1 atom stereocenters. The van der Waals surface area contributed by atoms with Gasteiger partial charge in [-0.1, -0.05) is 11.6 Å². The van der Waals surface area contributed by atoms with Crippen LogP contribution in [0.15, 0.2) is 6.07 Å². The number of aromatic carboxylic acids is 1. The van der Waals surface area contributed by atoms with Crippen molar-refractivity contribution in [3.05, 3.63) is 28.3 Å². The molecule has 1 amide bonds. The Morgan fingerprint density at radius 3 is 2.56 bits per heavy atom. The standard InChI is InChI=1S/C16H19ClF2N2O4/c1-16(2,3)25-15(24)20-8-4-5-21(7-8)13-10(17)6-9(14(22)23)11(18)12(13)19/h6,8H,4-5,7H2,1-3H3,(H,20,24)(H,22,23). The number of alkyl carbamates (subject to hydrolysis) is 1. The van der Waals surface area contributed by atoms with Gasteiger partial charge in [0.25, 0.3) is 0 Å². The maximum Gasteiger partial charge on any atom is 0.407 e. The minimum atomic E-state index is -1.60. The molecule has 0 aromatic heterocycles. The van der Waals surface area contributed by atoms with Crippen LogP contribution >= 0.6 is 11.6 Å². The molecule has 25 heavy (non-hydrogen) atoms. The smallest absolute Gasteiger partial charge is 0.407 e. The molecule has 138 valence electrons. The quantitative estimate of drug-likeness (QED) is 0.790. The van der Waals surface area contributed by atoms with E-state index >= 15 is 0 Å². The van der Waals surface area contributed by atoms with E-state index in [1.807, 2.05) is 0 Å². The van der Waals surface area contributed by atoms with Crippen molar-refractivity contribution in [3.63, 3.8) is 0 Å². The fraction of sp³-hybridized carbons (Fsp3) is 0.500. The van der Waals surface area contributed by atoms with E-state index in [1.54, 1.807) is 20.8 Å². The number of benzene rings is 1. The minimum absolute atomic E-state index is 0.196. The van der Waals surface area contributed by atoms with Crippen LogP contribution in [0.3, 0.4) is 0 Å². The molecule has 1 aromatic carbocycles. The van der Waals surface area contributed by atoms with E-state index in [4.69, 9.17) is 21.4 Å². The Balaban J connectivity index is 2.13. The van der Waals surface area contributed by atoms with Crippen molar-refractivity contribution in [1.82, 2.24) is 5.32 Å². The number of nitrogens with one attached hydrogen (secondary N) is 1. The van der Waals surface area contributed by atoms with Gasteiger partial charge in [0.1, 0.15) is 5.60 Å². The number of hydrogen-bond donors (Lipinski definition) is 2. The first-order valence-electron chi connectivity index (χ1n) is 7.65. The van der Waals surface area contributed by atoms with Gasteiger partial charge in [0.05, 0.1) is 22.3 Å². The topological polar surface area (TPSA) is 78.9 Å². The highest BCUT2D eigenvalue weighted by Gasteiger charge is 2.31. The van der Waals surface area contributed by atoms with Crippen molar-refractivity contribution in [2.45, 2.75) is 38.8 Å². The zero-order valence-corrected chi connectivity index (χ0v) is 14.8. The predicted molar refractivity (Wildman–Crippen MR) is 88.3 cm³/mol. The second-order valence-corrected chi connectivity index (χ2v) is 7.17. The summed E-state index contributed by atoms with van der Waals surface area (Å²) in [6.45, 7) is 5.71. The number of carbonyl (C=O) groups excluding carboxylic acids is 1. The van der Waals surface area contributed by atoms with Gasteiger partial charge >= 0.3 is 12.1 Å². The summed E-state index contributed by atoms with van der Waals surface area (Å²) in [5, 5.41) is 11.3. The largest absolute Gasteiger partial charge is 0.478 e. The van der Waals surface area contributed by atoms with E-state index in [0.29, 0.717) is 13.0 Å². The van der Waals surface area contributed by atoms with Gasteiger partial charge in [0.15, 0.2) is 11.6 Å². The van der Waals surface area contributed by atoms with Crippen LogP contribution in [0.1, 0.15) is 37.6 Å². The molecule has 1 aromatic rings. The Hall–Kier alpha value is -2.09. The van der Waals surface area contributed by atoms with Crippen molar-refractivity contribution < 1.29 is 28.2 Å². The van der Waals surface area contributed by atoms with E-state index < -0.39 is 34.9 Å². The van der Waals surface area contributed by atoms with Crippen molar-refractivity contribution in [3.8, 4) is 0 Å². The lowest BCUT2D eigenvalue weighted by atomic mass is 10.1. The third kappa shape index (κ3) is 4.50. The van der Waals surface area contributed by atoms with Gasteiger partial charge in [-0.25, -0.2) is 18.4 Å². The van der Waals surface area contributed by atoms with Gasteiger partial charge in [-0.15, -0.1) is 0 Å². The number of hydrogen-bond acceptors (Lipinski definition) is 4. The van der Waals surface area contributed by atoms with Crippen molar-refractivity contribution in [2.75, 3.05) is 18.0 Å². The van der Waals surface area contributed by atoms with E-state index in [1.165, 1.54) is 4.90 Å². The Morgan fingerprint density at radius 1 is 1.36 bits per heavy atom. The molecule has 1 heterocycles.